The molecule has 1 fully saturated rings. The molecule has 4 rings (SSSR count). The summed E-state index contributed by atoms with van der Waals surface area (Å²) in [5.74, 6) is 0.345. The molecule has 7 nitrogen and oxygen atoms in total. The van der Waals surface area contributed by atoms with Crippen molar-refractivity contribution >= 4 is 33.3 Å². The summed E-state index contributed by atoms with van der Waals surface area (Å²) in [6.45, 7) is 5.34. The highest BCUT2D eigenvalue weighted by Crippen LogP contribution is 2.37. The lowest BCUT2D eigenvalue weighted by Crippen LogP contribution is -2.36. The number of hydrogen-bond acceptors (Lipinski definition) is 7. The van der Waals surface area contributed by atoms with E-state index in [2.05, 4.69) is 15.6 Å². The van der Waals surface area contributed by atoms with Gasteiger partial charge < -0.3 is 15.2 Å². The number of hydrogen-bond donors (Lipinski definition) is 2. The minimum absolute atomic E-state index is 0.572. The fourth-order valence-corrected chi connectivity index (χ4v) is 4.18. The molecule has 1 atom stereocenters. The molecule has 1 aliphatic heterocycles. The Bertz CT molecular complexity index is 970. The van der Waals surface area contributed by atoms with Gasteiger partial charge in [-0.2, -0.15) is 0 Å². The molecule has 2 N–H and O–H groups in total. The number of thiophene rings is 1. The quantitative estimate of drug-likeness (QED) is 0.660. The Morgan fingerprint density at radius 2 is 2.04 bits per heavy atom. The van der Waals surface area contributed by atoms with E-state index in [-0.39, 0.29) is 0 Å². The van der Waals surface area contributed by atoms with Gasteiger partial charge in [0.2, 0.25) is 0 Å². The number of carboxylic acid groups (broad SMARTS) is 1. The first kappa shape index (κ1) is 18.8. The Labute approximate surface area is 167 Å². The molecular formula is C20H22N4O3S. The van der Waals surface area contributed by atoms with Crippen LogP contribution in [0.15, 0.2) is 35.7 Å². The predicted octanol–water partition coefficient (Wildman–Crippen LogP) is 3.08. The van der Waals surface area contributed by atoms with Gasteiger partial charge in [-0.25, -0.2) is 9.97 Å². The van der Waals surface area contributed by atoms with Crippen LogP contribution in [-0.4, -0.2) is 58.3 Å². The first-order valence-electron chi connectivity index (χ1n) is 9.25. The van der Waals surface area contributed by atoms with Gasteiger partial charge in [0.15, 0.2) is 0 Å². The minimum atomic E-state index is -0.919. The highest BCUT2D eigenvalue weighted by atomic mass is 32.1. The van der Waals surface area contributed by atoms with E-state index >= 15 is 0 Å². The number of ether oxygens (including phenoxy) is 1. The monoisotopic (exact) mass is 398 g/mol. The molecule has 3 aromatic rings. The van der Waals surface area contributed by atoms with Gasteiger partial charge in [-0.05, 0) is 12.5 Å². The van der Waals surface area contributed by atoms with E-state index in [1.807, 2.05) is 30.3 Å². The number of aromatic nitrogens is 2. The normalized spacial score (nSPS) is 16.2. The van der Waals surface area contributed by atoms with Crippen molar-refractivity contribution in [1.82, 2.24) is 14.9 Å². The molecule has 0 spiro atoms. The van der Waals surface area contributed by atoms with Crippen LogP contribution in [0.3, 0.4) is 0 Å². The van der Waals surface area contributed by atoms with Gasteiger partial charge in [0.1, 0.15) is 22.5 Å². The average molecular weight is 398 g/mol. The Morgan fingerprint density at radius 1 is 1.29 bits per heavy atom. The lowest BCUT2D eigenvalue weighted by molar-refractivity contribution is -0.137. The van der Waals surface area contributed by atoms with Gasteiger partial charge in [-0.1, -0.05) is 30.3 Å². The predicted molar refractivity (Wildman–Crippen MR) is 110 cm³/mol. The number of rotatable bonds is 6. The zero-order chi connectivity index (χ0) is 19.5. The highest BCUT2D eigenvalue weighted by molar-refractivity contribution is 7.17. The second kappa shape index (κ2) is 8.22. The molecule has 28 heavy (non-hydrogen) atoms. The Kier molecular flexibility index (Phi) is 5.52. The molecule has 0 amide bonds. The maximum Gasteiger partial charge on any atom is 0.325 e. The molecule has 0 aliphatic carbocycles. The van der Waals surface area contributed by atoms with Crippen molar-refractivity contribution in [3.8, 4) is 11.1 Å². The van der Waals surface area contributed by atoms with Crippen molar-refractivity contribution < 1.29 is 14.6 Å². The largest absolute Gasteiger partial charge is 0.480 e. The van der Waals surface area contributed by atoms with Crippen molar-refractivity contribution in [3.63, 3.8) is 0 Å². The third-order valence-corrected chi connectivity index (χ3v) is 5.63. The van der Waals surface area contributed by atoms with Crippen molar-refractivity contribution in [2.45, 2.75) is 19.5 Å². The summed E-state index contributed by atoms with van der Waals surface area (Å²) >= 11 is 1.55. The summed E-state index contributed by atoms with van der Waals surface area (Å²) in [5.41, 5.74) is 2.07. The number of anilines is 1. The Balaban J connectivity index is 1.76. The Morgan fingerprint density at radius 3 is 2.75 bits per heavy atom. The summed E-state index contributed by atoms with van der Waals surface area (Å²) in [6.07, 6.45) is 0. The molecule has 1 aromatic carbocycles. The molecule has 8 heteroatoms. The molecule has 1 saturated heterocycles. The maximum absolute atomic E-state index is 11.4. The molecule has 2 aromatic heterocycles. The number of carboxylic acids is 1. The number of aliphatic carboxylic acids is 1. The fourth-order valence-electron chi connectivity index (χ4n) is 3.22. The number of benzene rings is 1. The topological polar surface area (TPSA) is 87.6 Å². The molecule has 1 unspecified atom stereocenters. The van der Waals surface area contributed by atoms with Crippen LogP contribution >= 0.6 is 11.3 Å². The van der Waals surface area contributed by atoms with Crippen LogP contribution in [0.2, 0.25) is 0 Å². The lowest BCUT2D eigenvalue weighted by atomic mass is 10.1. The number of nitrogens with one attached hydrogen (secondary N) is 1. The third-order valence-electron chi connectivity index (χ3n) is 4.76. The van der Waals surface area contributed by atoms with E-state index in [4.69, 9.17) is 14.7 Å². The van der Waals surface area contributed by atoms with Crippen molar-refractivity contribution in [3.05, 3.63) is 41.5 Å². The van der Waals surface area contributed by atoms with Crippen LogP contribution < -0.4 is 5.32 Å². The molecule has 1 aliphatic rings. The van der Waals surface area contributed by atoms with Crippen LogP contribution in [0.1, 0.15) is 12.7 Å². The van der Waals surface area contributed by atoms with Crippen LogP contribution in [0, 0.1) is 0 Å². The summed E-state index contributed by atoms with van der Waals surface area (Å²) < 4.78 is 5.40. The van der Waals surface area contributed by atoms with Crippen LogP contribution in [0.4, 0.5) is 5.82 Å². The zero-order valence-electron chi connectivity index (χ0n) is 15.6. The minimum Gasteiger partial charge on any atom is -0.480 e. The summed E-state index contributed by atoms with van der Waals surface area (Å²) in [4.78, 5) is 24.0. The van der Waals surface area contributed by atoms with E-state index < -0.39 is 12.0 Å². The fraction of sp³-hybridized carbons (Fsp3) is 0.350. The number of nitrogens with zero attached hydrogens (tertiary/aromatic N) is 3. The SMILES string of the molecule is CC(Nc1nc(CN2CCOCC2)nc2scc(-c3ccccc3)c12)C(=O)O. The van der Waals surface area contributed by atoms with Crippen LogP contribution in [0.5, 0.6) is 0 Å². The standard InChI is InChI=1S/C20H22N4O3S/c1-13(20(25)26)21-18-17-15(14-5-3-2-4-6-14)12-28-19(17)23-16(22-18)11-24-7-9-27-10-8-24/h2-6,12-13H,7-11H2,1H3,(H,25,26)(H,21,22,23). The van der Waals surface area contributed by atoms with Gasteiger partial charge >= 0.3 is 5.97 Å². The second-order valence-electron chi connectivity index (χ2n) is 6.78. The first-order valence-corrected chi connectivity index (χ1v) is 10.1. The van der Waals surface area contributed by atoms with Crippen molar-refractivity contribution in [1.29, 1.82) is 0 Å². The number of carbonyl (C=O) groups is 1. The van der Waals surface area contributed by atoms with E-state index in [0.29, 0.717) is 31.4 Å². The van der Waals surface area contributed by atoms with Crippen molar-refractivity contribution in [2.24, 2.45) is 0 Å². The van der Waals surface area contributed by atoms with Gasteiger partial charge in [0.05, 0.1) is 25.1 Å². The third kappa shape index (κ3) is 3.99. The van der Waals surface area contributed by atoms with Crippen molar-refractivity contribution in [2.75, 3.05) is 31.6 Å². The van der Waals surface area contributed by atoms with Gasteiger partial charge in [0, 0.05) is 24.0 Å². The second-order valence-corrected chi connectivity index (χ2v) is 7.63. The van der Waals surface area contributed by atoms with E-state index in [0.717, 1.165) is 34.4 Å². The lowest BCUT2D eigenvalue weighted by Gasteiger charge is -2.26. The van der Waals surface area contributed by atoms with Crippen LogP contribution in [-0.2, 0) is 16.1 Å². The summed E-state index contributed by atoms with van der Waals surface area (Å²) in [7, 11) is 0. The molecule has 0 saturated carbocycles. The smallest absolute Gasteiger partial charge is 0.325 e. The summed E-state index contributed by atoms with van der Waals surface area (Å²) in [5, 5.41) is 15.4. The van der Waals surface area contributed by atoms with E-state index in [9.17, 15) is 9.90 Å². The maximum atomic E-state index is 11.4. The van der Waals surface area contributed by atoms with Gasteiger partial charge in [0.25, 0.3) is 0 Å². The molecule has 146 valence electrons. The van der Waals surface area contributed by atoms with Crippen LogP contribution in [0.25, 0.3) is 21.3 Å². The zero-order valence-corrected chi connectivity index (χ0v) is 16.4. The van der Waals surface area contributed by atoms with E-state index in [1.54, 1.807) is 18.3 Å². The molecule has 0 radical (unpaired) electrons. The molecule has 3 heterocycles. The Hall–Kier alpha value is -2.55. The van der Waals surface area contributed by atoms with Gasteiger partial charge in [-0.3, -0.25) is 9.69 Å². The number of morpholine rings is 1. The number of fused-ring (bicyclic) bond motifs is 1. The first-order chi connectivity index (χ1) is 13.6. The highest BCUT2D eigenvalue weighted by Gasteiger charge is 2.20. The molecular weight excluding hydrogens is 376 g/mol. The average Bonchev–Trinajstić information content (AvgIpc) is 3.13. The summed E-state index contributed by atoms with van der Waals surface area (Å²) in [6, 6.07) is 9.26. The van der Waals surface area contributed by atoms with E-state index in [1.165, 1.54) is 0 Å². The van der Waals surface area contributed by atoms with Gasteiger partial charge in [-0.15, -0.1) is 11.3 Å². The molecule has 0 bridgehead atoms.